The van der Waals surface area contributed by atoms with Crippen LogP contribution in [-0.2, 0) is 0 Å². The Morgan fingerprint density at radius 2 is 2.00 bits per heavy atom. The summed E-state index contributed by atoms with van der Waals surface area (Å²) < 4.78 is 6.44. The molecule has 0 bridgehead atoms. The summed E-state index contributed by atoms with van der Waals surface area (Å²) in [6.45, 7) is 3.20. The van der Waals surface area contributed by atoms with Crippen LogP contribution in [0.1, 0.15) is 22.3 Å². The Morgan fingerprint density at radius 1 is 1.19 bits per heavy atom. The number of hydrogen-bond acceptors (Lipinski definition) is 2. The van der Waals surface area contributed by atoms with Gasteiger partial charge in [0.15, 0.2) is 0 Å². The second kappa shape index (κ2) is 7.84. The second-order valence-corrected chi connectivity index (χ2v) is 5.61. The highest BCUT2D eigenvalue weighted by Gasteiger charge is 2.07. The van der Waals surface area contributed by atoms with E-state index >= 15 is 0 Å². The van der Waals surface area contributed by atoms with Gasteiger partial charge in [0.05, 0.1) is 12.2 Å². The van der Waals surface area contributed by atoms with Gasteiger partial charge in [0.1, 0.15) is 5.75 Å². The highest BCUT2D eigenvalue weighted by Crippen LogP contribution is 2.15. The third kappa shape index (κ3) is 4.90. The van der Waals surface area contributed by atoms with Crippen molar-refractivity contribution < 1.29 is 9.53 Å². The van der Waals surface area contributed by atoms with Crippen molar-refractivity contribution in [3.05, 3.63) is 64.1 Å². The number of benzene rings is 2. The van der Waals surface area contributed by atoms with Gasteiger partial charge in [0.25, 0.3) is 5.91 Å². The van der Waals surface area contributed by atoms with Gasteiger partial charge in [0.2, 0.25) is 0 Å². The van der Waals surface area contributed by atoms with E-state index in [1.807, 2.05) is 49.4 Å². The predicted molar refractivity (Wildman–Crippen MR) is 87.8 cm³/mol. The smallest absolute Gasteiger partial charge is 0.252 e. The molecule has 2 aromatic carbocycles. The van der Waals surface area contributed by atoms with Crippen LogP contribution >= 0.6 is 15.9 Å². The Hall–Kier alpha value is -1.81. The molecule has 21 heavy (non-hydrogen) atoms. The Bertz CT molecular complexity index is 613. The zero-order valence-corrected chi connectivity index (χ0v) is 13.5. The van der Waals surface area contributed by atoms with Gasteiger partial charge in [-0.1, -0.05) is 24.3 Å². The van der Waals surface area contributed by atoms with E-state index in [9.17, 15) is 4.79 Å². The average molecular weight is 348 g/mol. The summed E-state index contributed by atoms with van der Waals surface area (Å²) in [4.78, 5) is 12.0. The minimum Gasteiger partial charge on any atom is -0.494 e. The standard InChI is InChI=1S/C17H18BrNO2/c1-13-6-4-7-14(12-13)21-11-5-10-19-17(20)15-8-2-3-9-16(15)18/h2-4,6-9,12H,5,10-11H2,1H3,(H,19,20). The third-order valence-corrected chi connectivity index (χ3v) is 3.67. The number of aryl methyl sites for hydroxylation is 1. The summed E-state index contributed by atoms with van der Waals surface area (Å²) in [5, 5.41) is 2.89. The lowest BCUT2D eigenvalue weighted by atomic mass is 10.2. The first-order chi connectivity index (χ1) is 10.2. The van der Waals surface area contributed by atoms with E-state index in [-0.39, 0.29) is 5.91 Å². The van der Waals surface area contributed by atoms with Gasteiger partial charge in [-0.15, -0.1) is 0 Å². The molecule has 0 radical (unpaired) electrons. The van der Waals surface area contributed by atoms with Crippen LogP contribution in [0.3, 0.4) is 0 Å². The molecule has 0 saturated heterocycles. The van der Waals surface area contributed by atoms with Crippen molar-refractivity contribution in [2.75, 3.05) is 13.2 Å². The van der Waals surface area contributed by atoms with Crippen molar-refractivity contribution in [2.45, 2.75) is 13.3 Å². The molecule has 0 spiro atoms. The van der Waals surface area contributed by atoms with E-state index < -0.39 is 0 Å². The third-order valence-electron chi connectivity index (χ3n) is 2.98. The van der Waals surface area contributed by atoms with Crippen LogP contribution in [0.15, 0.2) is 53.0 Å². The highest BCUT2D eigenvalue weighted by atomic mass is 79.9. The second-order valence-electron chi connectivity index (χ2n) is 4.75. The zero-order valence-electron chi connectivity index (χ0n) is 11.9. The topological polar surface area (TPSA) is 38.3 Å². The number of carbonyl (C=O) groups is 1. The fraction of sp³-hybridized carbons (Fsp3) is 0.235. The van der Waals surface area contributed by atoms with Gasteiger partial charge >= 0.3 is 0 Å². The van der Waals surface area contributed by atoms with Crippen LogP contribution in [0.2, 0.25) is 0 Å². The van der Waals surface area contributed by atoms with Crippen LogP contribution in [0.25, 0.3) is 0 Å². The molecule has 0 fully saturated rings. The van der Waals surface area contributed by atoms with Crippen LogP contribution in [-0.4, -0.2) is 19.1 Å². The Labute approximate surface area is 133 Å². The molecule has 110 valence electrons. The van der Waals surface area contributed by atoms with Crippen molar-refractivity contribution in [3.63, 3.8) is 0 Å². The van der Waals surface area contributed by atoms with Gasteiger partial charge < -0.3 is 10.1 Å². The van der Waals surface area contributed by atoms with Gasteiger partial charge in [-0.05, 0) is 59.1 Å². The SMILES string of the molecule is Cc1cccc(OCCCNC(=O)c2ccccc2Br)c1. The molecule has 3 nitrogen and oxygen atoms in total. The summed E-state index contributed by atoms with van der Waals surface area (Å²) in [5.41, 5.74) is 1.83. The first-order valence-electron chi connectivity index (χ1n) is 6.89. The lowest BCUT2D eigenvalue weighted by molar-refractivity contribution is 0.0951. The zero-order chi connectivity index (χ0) is 15.1. The molecule has 1 amide bonds. The maximum absolute atomic E-state index is 12.0. The Kier molecular flexibility index (Phi) is 5.81. The number of carbonyl (C=O) groups excluding carboxylic acids is 1. The molecule has 2 aromatic rings. The van der Waals surface area contributed by atoms with Crippen LogP contribution < -0.4 is 10.1 Å². The van der Waals surface area contributed by atoms with E-state index in [4.69, 9.17) is 4.74 Å². The average Bonchev–Trinajstić information content (AvgIpc) is 2.47. The quantitative estimate of drug-likeness (QED) is 0.803. The Morgan fingerprint density at radius 3 is 2.76 bits per heavy atom. The van der Waals surface area contributed by atoms with E-state index in [1.165, 1.54) is 5.56 Å². The minimum atomic E-state index is -0.0713. The summed E-state index contributed by atoms with van der Waals surface area (Å²) in [6, 6.07) is 15.3. The molecule has 0 unspecified atom stereocenters. The fourth-order valence-electron chi connectivity index (χ4n) is 1.91. The largest absolute Gasteiger partial charge is 0.494 e. The number of rotatable bonds is 6. The van der Waals surface area contributed by atoms with E-state index in [1.54, 1.807) is 6.07 Å². The fourth-order valence-corrected chi connectivity index (χ4v) is 2.37. The molecular weight excluding hydrogens is 330 g/mol. The minimum absolute atomic E-state index is 0.0713. The van der Waals surface area contributed by atoms with Gasteiger partial charge in [0, 0.05) is 11.0 Å². The summed E-state index contributed by atoms with van der Waals surface area (Å²) >= 11 is 3.37. The summed E-state index contributed by atoms with van der Waals surface area (Å²) in [6.07, 6.45) is 0.768. The normalized spacial score (nSPS) is 10.2. The molecule has 0 aliphatic rings. The van der Waals surface area contributed by atoms with Crippen molar-refractivity contribution in [1.29, 1.82) is 0 Å². The summed E-state index contributed by atoms with van der Waals surface area (Å²) in [5.74, 6) is 0.796. The van der Waals surface area contributed by atoms with Crippen molar-refractivity contribution in [3.8, 4) is 5.75 Å². The Balaban J connectivity index is 1.70. The predicted octanol–water partition coefficient (Wildman–Crippen LogP) is 3.96. The monoisotopic (exact) mass is 347 g/mol. The molecule has 2 rings (SSSR count). The van der Waals surface area contributed by atoms with Gasteiger partial charge in [-0.25, -0.2) is 0 Å². The van der Waals surface area contributed by atoms with E-state index in [2.05, 4.69) is 21.2 Å². The molecular formula is C17H18BrNO2. The molecule has 0 heterocycles. The maximum atomic E-state index is 12.0. The number of halogens is 1. The first kappa shape index (κ1) is 15.6. The van der Waals surface area contributed by atoms with Crippen LogP contribution in [0.5, 0.6) is 5.75 Å². The summed E-state index contributed by atoms with van der Waals surface area (Å²) in [7, 11) is 0. The lowest BCUT2D eigenvalue weighted by Crippen LogP contribution is -2.25. The maximum Gasteiger partial charge on any atom is 0.252 e. The molecule has 4 heteroatoms. The number of ether oxygens (including phenoxy) is 1. The van der Waals surface area contributed by atoms with Crippen molar-refractivity contribution >= 4 is 21.8 Å². The molecule has 0 aliphatic heterocycles. The van der Waals surface area contributed by atoms with Gasteiger partial charge in [-0.3, -0.25) is 4.79 Å². The van der Waals surface area contributed by atoms with E-state index in [0.29, 0.717) is 18.7 Å². The van der Waals surface area contributed by atoms with E-state index in [0.717, 1.165) is 16.6 Å². The molecule has 0 atom stereocenters. The molecule has 0 aromatic heterocycles. The first-order valence-corrected chi connectivity index (χ1v) is 7.68. The van der Waals surface area contributed by atoms with Crippen LogP contribution in [0, 0.1) is 6.92 Å². The van der Waals surface area contributed by atoms with Gasteiger partial charge in [-0.2, -0.15) is 0 Å². The van der Waals surface area contributed by atoms with Crippen molar-refractivity contribution in [2.24, 2.45) is 0 Å². The number of nitrogens with one attached hydrogen (secondary N) is 1. The number of amides is 1. The molecule has 0 saturated carbocycles. The molecule has 1 N–H and O–H groups in total. The van der Waals surface area contributed by atoms with Crippen LogP contribution in [0.4, 0.5) is 0 Å². The highest BCUT2D eigenvalue weighted by molar-refractivity contribution is 9.10. The lowest BCUT2D eigenvalue weighted by Gasteiger charge is -2.08. The molecule has 0 aliphatic carbocycles. The number of hydrogen-bond donors (Lipinski definition) is 1. The van der Waals surface area contributed by atoms with Crippen molar-refractivity contribution in [1.82, 2.24) is 5.32 Å².